The van der Waals surface area contributed by atoms with Crippen LogP contribution < -0.4 is 5.73 Å². The van der Waals surface area contributed by atoms with Gasteiger partial charge in [0, 0.05) is 17.4 Å². The molecule has 1 unspecified atom stereocenters. The number of nitro benzene ring substituents is 1. The SMILES string of the molecule is CC(C)(C)OC(=O)c1c(N)sc2c1CC(CN1C(=O)c3cccc([N+](=O)[O-])c3C1=O)OC2. The zero-order valence-electron chi connectivity index (χ0n) is 17.7. The van der Waals surface area contributed by atoms with Gasteiger partial charge >= 0.3 is 5.97 Å². The van der Waals surface area contributed by atoms with Gasteiger partial charge in [-0.25, -0.2) is 4.79 Å². The van der Waals surface area contributed by atoms with E-state index in [1.807, 2.05) is 0 Å². The molecule has 32 heavy (non-hydrogen) atoms. The first-order valence-electron chi connectivity index (χ1n) is 9.86. The molecule has 2 amide bonds. The zero-order valence-corrected chi connectivity index (χ0v) is 18.5. The molecule has 0 radical (unpaired) electrons. The van der Waals surface area contributed by atoms with Crippen LogP contribution in [0.3, 0.4) is 0 Å². The second kappa shape index (κ2) is 7.68. The Labute approximate surface area is 187 Å². The Balaban J connectivity index is 1.57. The predicted octanol–water partition coefficient (Wildman–Crippen LogP) is 2.93. The minimum absolute atomic E-state index is 0.00470. The Hall–Kier alpha value is -3.31. The number of benzene rings is 1. The van der Waals surface area contributed by atoms with Crippen molar-refractivity contribution < 1.29 is 28.8 Å². The van der Waals surface area contributed by atoms with Crippen LogP contribution in [-0.2, 0) is 22.5 Å². The van der Waals surface area contributed by atoms with Gasteiger partial charge in [-0.1, -0.05) is 6.07 Å². The zero-order chi connectivity index (χ0) is 23.4. The molecular formula is C21H21N3O7S. The van der Waals surface area contributed by atoms with Crippen LogP contribution in [-0.4, -0.2) is 45.9 Å². The van der Waals surface area contributed by atoms with E-state index in [1.165, 1.54) is 29.5 Å². The average molecular weight is 459 g/mol. The van der Waals surface area contributed by atoms with Crippen molar-refractivity contribution in [2.24, 2.45) is 0 Å². The van der Waals surface area contributed by atoms with Crippen molar-refractivity contribution >= 4 is 39.8 Å². The fourth-order valence-electron chi connectivity index (χ4n) is 3.85. The molecule has 1 aromatic heterocycles. The molecule has 0 saturated heterocycles. The number of nitrogens with two attached hydrogens (primary N) is 1. The average Bonchev–Trinajstić information content (AvgIpc) is 3.15. The first kappa shape index (κ1) is 21.9. The highest BCUT2D eigenvalue weighted by Crippen LogP contribution is 2.38. The van der Waals surface area contributed by atoms with Crippen LogP contribution in [0.4, 0.5) is 10.7 Å². The third-order valence-electron chi connectivity index (χ3n) is 5.16. The normalized spacial score (nSPS) is 17.8. The number of nitro groups is 1. The number of carbonyl (C=O) groups is 3. The number of amides is 2. The Morgan fingerprint density at radius 1 is 1.34 bits per heavy atom. The van der Waals surface area contributed by atoms with Gasteiger partial charge < -0.3 is 15.2 Å². The molecule has 10 nitrogen and oxygen atoms in total. The maximum absolute atomic E-state index is 12.8. The summed E-state index contributed by atoms with van der Waals surface area (Å²) in [5.41, 5.74) is 5.72. The number of carbonyl (C=O) groups excluding carboxylic acids is 3. The number of rotatable bonds is 4. The summed E-state index contributed by atoms with van der Waals surface area (Å²) in [6.07, 6.45) is -0.355. The van der Waals surface area contributed by atoms with Crippen LogP contribution in [0.5, 0.6) is 0 Å². The summed E-state index contributed by atoms with van der Waals surface area (Å²) in [4.78, 5) is 50.7. The predicted molar refractivity (Wildman–Crippen MR) is 115 cm³/mol. The van der Waals surface area contributed by atoms with E-state index >= 15 is 0 Å². The molecule has 11 heteroatoms. The molecule has 2 N–H and O–H groups in total. The standard InChI is InChI=1S/C21H21N3O7S/c1-21(2,3)31-20(27)16-12-7-10(30-9-14(12)32-17(16)22)8-23-18(25)11-5-4-6-13(24(28)29)15(11)19(23)26/h4-6,10H,7-9,22H2,1-3H3. The number of esters is 1. The van der Waals surface area contributed by atoms with E-state index in [1.54, 1.807) is 20.8 Å². The summed E-state index contributed by atoms with van der Waals surface area (Å²) in [5, 5.41) is 11.6. The van der Waals surface area contributed by atoms with E-state index < -0.39 is 40.1 Å². The second-order valence-electron chi connectivity index (χ2n) is 8.56. The number of imide groups is 1. The van der Waals surface area contributed by atoms with Crippen molar-refractivity contribution in [1.82, 2.24) is 4.90 Å². The molecule has 3 heterocycles. The van der Waals surface area contributed by atoms with Crippen molar-refractivity contribution in [1.29, 1.82) is 0 Å². The van der Waals surface area contributed by atoms with Gasteiger partial charge in [0.15, 0.2) is 0 Å². The number of thiophene rings is 1. The van der Waals surface area contributed by atoms with Crippen LogP contribution in [0, 0.1) is 10.1 Å². The van der Waals surface area contributed by atoms with Gasteiger partial charge in [0.25, 0.3) is 17.5 Å². The number of hydrogen-bond donors (Lipinski definition) is 1. The first-order chi connectivity index (χ1) is 15.0. The van der Waals surface area contributed by atoms with Crippen molar-refractivity contribution in [2.45, 2.75) is 45.5 Å². The minimum atomic E-state index is -0.733. The Bertz CT molecular complexity index is 1160. The Kier molecular flexibility index (Phi) is 5.25. The van der Waals surface area contributed by atoms with Crippen LogP contribution in [0.1, 0.15) is 62.3 Å². The molecule has 4 rings (SSSR count). The number of fused-ring (bicyclic) bond motifs is 2. The lowest BCUT2D eigenvalue weighted by molar-refractivity contribution is -0.385. The van der Waals surface area contributed by atoms with Gasteiger partial charge in [0.2, 0.25) is 0 Å². The lowest BCUT2D eigenvalue weighted by atomic mass is 10.0. The topological polar surface area (TPSA) is 142 Å². The molecule has 0 aliphatic carbocycles. The number of nitrogens with zero attached hydrogens (tertiary/aromatic N) is 2. The molecule has 0 fully saturated rings. The van der Waals surface area contributed by atoms with Crippen molar-refractivity contribution in [3.8, 4) is 0 Å². The summed E-state index contributed by atoms with van der Waals surface area (Å²) in [7, 11) is 0. The highest BCUT2D eigenvalue weighted by atomic mass is 32.1. The quantitative estimate of drug-likeness (QED) is 0.318. The van der Waals surface area contributed by atoms with E-state index in [-0.39, 0.29) is 36.3 Å². The van der Waals surface area contributed by atoms with Crippen molar-refractivity contribution in [2.75, 3.05) is 12.3 Å². The molecule has 0 bridgehead atoms. The molecule has 168 valence electrons. The largest absolute Gasteiger partial charge is 0.456 e. The molecule has 2 aliphatic heterocycles. The number of nitrogen functional groups attached to an aromatic ring is 1. The van der Waals surface area contributed by atoms with Gasteiger partial charge in [-0.15, -0.1) is 11.3 Å². The van der Waals surface area contributed by atoms with Crippen LogP contribution in [0.15, 0.2) is 18.2 Å². The first-order valence-corrected chi connectivity index (χ1v) is 10.7. The fourth-order valence-corrected chi connectivity index (χ4v) is 4.86. The lowest BCUT2D eigenvalue weighted by Crippen LogP contribution is -2.40. The summed E-state index contributed by atoms with van der Waals surface area (Å²) in [6.45, 7) is 5.33. The fraction of sp³-hybridized carbons (Fsp3) is 0.381. The maximum atomic E-state index is 12.8. The molecule has 2 aromatic rings. The molecule has 0 saturated carbocycles. The molecular weight excluding hydrogens is 438 g/mol. The van der Waals surface area contributed by atoms with E-state index in [4.69, 9.17) is 15.2 Å². The summed E-state index contributed by atoms with van der Waals surface area (Å²) in [6, 6.07) is 3.96. The third kappa shape index (κ3) is 3.73. The lowest BCUT2D eigenvalue weighted by Gasteiger charge is -2.27. The van der Waals surface area contributed by atoms with Gasteiger partial charge in [-0.2, -0.15) is 0 Å². The summed E-state index contributed by atoms with van der Waals surface area (Å²) < 4.78 is 11.3. The smallest absolute Gasteiger partial charge is 0.341 e. The summed E-state index contributed by atoms with van der Waals surface area (Å²) >= 11 is 1.24. The van der Waals surface area contributed by atoms with Gasteiger partial charge in [0.1, 0.15) is 16.2 Å². The second-order valence-corrected chi connectivity index (χ2v) is 9.70. The van der Waals surface area contributed by atoms with E-state index in [9.17, 15) is 24.5 Å². The Morgan fingerprint density at radius 3 is 2.72 bits per heavy atom. The third-order valence-corrected chi connectivity index (χ3v) is 6.20. The molecule has 2 aliphatic rings. The Morgan fingerprint density at radius 2 is 2.06 bits per heavy atom. The molecule has 1 atom stereocenters. The number of ether oxygens (including phenoxy) is 2. The van der Waals surface area contributed by atoms with E-state index in [0.717, 1.165) is 9.78 Å². The van der Waals surface area contributed by atoms with Crippen LogP contribution in [0.2, 0.25) is 0 Å². The minimum Gasteiger partial charge on any atom is -0.456 e. The highest BCUT2D eigenvalue weighted by Gasteiger charge is 2.42. The maximum Gasteiger partial charge on any atom is 0.341 e. The number of anilines is 1. The van der Waals surface area contributed by atoms with Crippen molar-refractivity contribution in [3.63, 3.8) is 0 Å². The highest BCUT2D eigenvalue weighted by molar-refractivity contribution is 7.16. The van der Waals surface area contributed by atoms with Crippen LogP contribution in [0.25, 0.3) is 0 Å². The van der Waals surface area contributed by atoms with Crippen LogP contribution >= 0.6 is 11.3 Å². The van der Waals surface area contributed by atoms with E-state index in [0.29, 0.717) is 10.6 Å². The molecule has 0 spiro atoms. The summed E-state index contributed by atoms with van der Waals surface area (Å²) in [5.74, 6) is -1.88. The van der Waals surface area contributed by atoms with Gasteiger partial charge in [-0.3, -0.25) is 24.6 Å². The van der Waals surface area contributed by atoms with Crippen molar-refractivity contribution in [3.05, 3.63) is 55.4 Å². The van der Waals surface area contributed by atoms with E-state index in [2.05, 4.69) is 0 Å². The number of hydrogen-bond acceptors (Lipinski definition) is 9. The molecule has 1 aromatic carbocycles. The van der Waals surface area contributed by atoms with Gasteiger partial charge in [0.05, 0.1) is 35.3 Å². The van der Waals surface area contributed by atoms with Gasteiger partial charge in [-0.05, 0) is 32.4 Å². The monoisotopic (exact) mass is 459 g/mol.